The number of rotatable bonds is 6. The Morgan fingerprint density at radius 2 is 1.97 bits per heavy atom. The lowest BCUT2D eigenvalue weighted by atomic mass is 9.88. The smallest absolute Gasteiger partial charge is 0.359 e. The van der Waals surface area contributed by atoms with E-state index in [1.165, 1.54) is 0 Å². The second-order valence-corrected chi connectivity index (χ2v) is 8.44. The van der Waals surface area contributed by atoms with Gasteiger partial charge in [0.25, 0.3) is 0 Å². The highest BCUT2D eigenvalue weighted by Gasteiger charge is 2.31. The molecule has 0 unspecified atom stereocenters. The van der Waals surface area contributed by atoms with E-state index in [4.69, 9.17) is 19.3 Å². The van der Waals surface area contributed by atoms with Gasteiger partial charge in [-0.3, -0.25) is 0 Å². The van der Waals surface area contributed by atoms with E-state index in [0.717, 1.165) is 39.0 Å². The number of fused-ring (bicyclic) bond motifs is 3. The molecule has 1 aliphatic rings. The summed E-state index contributed by atoms with van der Waals surface area (Å²) < 4.78 is 19.6. The molecule has 6 nitrogen and oxygen atoms in total. The maximum atomic E-state index is 12.7. The van der Waals surface area contributed by atoms with Crippen LogP contribution in [-0.4, -0.2) is 35.6 Å². The van der Waals surface area contributed by atoms with Crippen molar-refractivity contribution in [2.45, 2.75) is 39.7 Å². The van der Waals surface area contributed by atoms with Gasteiger partial charge in [-0.1, -0.05) is 12.1 Å². The summed E-state index contributed by atoms with van der Waals surface area (Å²) in [6, 6.07) is 11.8. The third kappa shape index (κ3) is 3.94. The third-order valence-corrected chi connectivity index (χ3v) is 5.86. The third-order valence-electron chi connectivity index (χ3n) is 5.18. The zero-order valence-corrected chi connectivity index (χ0v) is 19.7. The number of halogens is 1. The van der Waals surface area contributed by atoms with Crippen LogP contribution in [0.3, 0.4) is 0 Å². The highest BCUT2D eigenvalue weighted by molar-refractivity contribution is 9.10. The van der Waals surface area contributed by atoms with Crippen molar-refractivity contribution < 1.29 is 19.0 Å². The molecule has 0 spiro atoms. The van der Waals surface area contributed by atoms with Gasteiger partial charge in [-0.25, -0.2) is 9.48 Å². The van der Waals surface area contributed by atoms with Crippen LogP contribution in [0.5, 0.6) is 11.5 Å². The van der Waals surface area contributed by atoms with E-state index in [-0.39, 0.29) is 6.10 Å². The number of aromatic nitrogens is 2. The van der Waals surface area contributed by atoms with Crippen LogP contribution in [-0.2, 0) is 17.6 Å². The standard InChI is InChI=1S/C24H25BrN2O4/c1-5-30-24(28)22-16-11-10-15-12-20(29-4)21(31-14(2)3)13-17(15)23(16)27(26-22)19-9-7-6-8-18(19)25/h6-9,12-14H,5,10-11H2,1-4H3. The molecule has 0 saturated heterocycles. The summed E-state index contributed by atoms with van der Waals surface area (Å²) in [5, 5.41) is 4.71. The average molecular weight is 485 g/mol. The number of hydrogen-bond acceptors (Lipinski definition) is 5. The summed E-state index contributed by atoms with van der Waals surface area (Å²) in [7, 11) is 1.65. The molecule has 162 valence electrons. The van der Waals surface area contributed by atoms with Crippen LogP contribution in [0.15, 0.2) is 40.9 Å². The Labute approximate surface area is 190 Å². The van der Waals surface area contributed by atoms with Gasteiger partial charge in [0.15, 0.2) is 17.2 Å². The minimum absolute atomic E-state index is 0.00159. The SMILES string of the molecule is CCOC(=O)c1nn(-c2ccccc2Br)c2c1CCc1cc(OC)c(OC(C)C)cc1-2. The first-order chi connectivity index (χ1) is 14.9. The van der Waals surface area contributed by atoms with Crippen molar-refractivity contribution in [3.63, 3.8) is 0 Å². The fourth-order valence-corrected chi connectivity index (χ4v) is 4.37. The number of benzene rings is 2. The van der Waals surface area contributed by atoms with E-state index in [2.05, 4.69) is 15.9 Å². The van der Waals surface area contributed by atoms with E-state index < -0.39 is 5.97 Å². The molecule has 0 atom stereocenters. The molecule has 0 fully saturated rings. The Balaban J connectivity index is 1.98. The van der Waals surface area contributed by atoms with Gasteiger partial charge in [-0.15, -0.1) is 0 Å². The number of carbonyl (C=O) groups is 1. The van der Waals surface area contributed by atoms with Gasteiger partial charge in [0.2, 0.25) is 0 Å². The van der Waals surface area contributed by atoms with Crippen molar-refractivity contribution in [1.82, 2.24) is 9.78 Å². The number of nitrogens with zero attached hydrogens (tertiary/aromatic N) is 2. The van der Waals surface area contributed by atoms with Crippen molar-refractivity contribution in [1.29, 1.82) is 0 Å². The Morgan fingerprint density at radius 3 is 2.65 bits per heavy atom. The average Bonchev–Trinajstić information content (AvgIpc) is 3.13. The Kier molecular flexibility index (Phi) is 6.05. The van der Waals surface area contributed by atoms with E-state index in [9.17, 15) is 4.79 Å². The molecular weight excluding hydrogens is 460 g/mol. The van der Waals surface area contributed by atoms with E-state index >= 15 is 0 Å². The molecule has 0 N–H and O–H groups in total. The van der Waals surface area contributed by atoms with Crippen molar-refractivity contribution in [3.8, 4) is 28.4 Å². The lowest BCUT2D eigenvalue weighted by Crippen LogP contribution is -2.12. The van der Waals surface area contributed by atoms with Gasteiger partial charge in [0, 0.05) is 15.6 Å². The maximum Gasteiger partial charge on any atom is 0.359 e. The van der Waals surface area contributed by atoms with Gasteiger partial charge in [0.05, 0.1) is 31.2 Å². The van der Waals surface area contributed by atoms with Gasteiger partial charge in [-0.05, 0) is 79.4 Å². The van der Waals surface area contributed by atoms with Crippen LogP contribution in [0, 0.1) is 0 Å². The topological polar surface area (TPSA) is 62.6 Å². The van der Waals surface area contributed by atoms with Crippen molar-refractivity contribution in [2.75, 3.05) is 13.7 Å². The van der Waals surface area contributed by atoms with Crippen LogP contribution < -0.4 is 9.47 Å². The largest absolute Gasteiger partial charge is 0.493 e. The lowest BCUT2D eigenvalue weighted by Gasteiger charge is -2.22. The van der Waals surface area contributed by atoms with Crippen LogP contribution in [0.1, 0.15) is 42.4 Å². The molecule has 1 aromatic heterocycles. The van der Waals surface area contributed by atoms with Crippen LogP contribution in [0.25, 0.3) is 16.9 Å². The van der Waals surface area contributed by atoms with E-state index in [1.807, 2.05) is 54.9 Å². The molecule has 1 heterocycles. The molecule has 2 aromatic carbocycles. The van der Waals surface area contributed by atoms with Crippen LogP contribution in [0.4, 0.5) is 0 Å². The normalized spacial score (nSPS) is 12.3. The van der Waals surface area contributed by atoms with Gasteiger partial charge in [0.1, 0.15) is 0 Å². The van der Waals surface area contributed by atoms with Crippen molar-refractivity contribution in [2.24, 2.45) is 0 Å². The second-order valence-electron chi connectivity index (χ2n) is 7.59. The first-order valence-electron chi connectivity index (χ1n) is 10.4. The first-order valence-corrected chi connectivity index (χ1v) is 11.2. The van der Waals surface area contributed by atoms with E-state index in [0.29, 0.717) is 30.2 Å². The van der Waals surface area contributed by atoms with Gasteiger partial charge >= 0.3 is 5.97 Å². The number of aryl methyl sites for hydroxylation is 1. The zero-order chi connectivity index (χ0) is 22.1. The minimum Gasteiger partial charge on any atom is -0.493 e. The Bertz CT molecular complexity index is 1140. The second kappa shape index (κ2) is 8.75. The molecule has 3 aromatic rings. The summed E-state index contributed by atoms with van der Waals surface area (Å²) in [4.78, 5) is 12.7. The molecule has 4 rings (SSSR count). The molecule has 1 aliphatic carbocycles. The summed E-state index contributed by atoms with van der Waals surface area (Å²) in [6.45, 7) is 6.06. The minimum atomic E-state index is -0.403. The molecule has 0 radical (unpaired) electrons. The van der Waals surface area contributed by atoms with Gasteiger partial charge in [-0.2, -0.15) is 5.10 Å². The number of para-hydroxylation sites is 1. The molecule has 0 amide bonds. The highest BCUT2D eigenvalue weighted by Crippen LogP contribution is 2.43. The number of carbonyl (C=O) groups excluding carboxylic acids is 1. The van der Waals surface area contributed by atoms with Crippen molar-refractivity contribution in [3.05, 3.63) is 57.7 Å². The summed E-state index contributed by atoms with van der Waals surface area (Å²) in [6.07, 6.45) is 1.46. The Hall–Kier alpha value is -2.80. The number of hydrogen-bond donors (Lipinski definition) is 0. The van der Waals surface area contributed by atoms with E-state index in [1.54, 1.807) is 14.0 Å². The fourth-order valence-electron chi connectivity index (χ4n) is 3.92. The summed E-state index contributed by atoms with van der Waals surface area (Å²) in [5.74, 6) is 0.968. The molecule has 0 saturated carbocycles. The van der Waals surface area contributed by atoms with Gasteiger partial charge < -0.3 is 14.2 Å². The highest BCUT2D eigenvalue weighted by atomic mass is 79.9. The number of ether oxygens (including phenoxy) is 3. The van der Waals surface area contributed by atoms with Crippen LogP contribution in [0.2, 0.25) is 0 Å². The number of methoxy groups -OCH3 is 1. The molecule has 31 heavy (non-hydrogen) atoms. The number of esters is 1. The predicted octanol–water partition coefficient (Wildman–Crippen LogP) is 5.37. The molecule has 0 aliphatic heterocycles. The monoisotopic (exact) mass is 484 g/mol. The summed E-state index contributed by atoms with van der Waals surface area (Å²) >= 11 is 3.63. The Morgan fingerprint density at radius 1 is 1.19 bits per heavy atom. The molecular formula is C24H25BrN2O4. The first kappa shape index (κ1) is 21.4. The fraction of sp³-hybridized carbons (Fsp3) is 0.333. The van der Waals surface area contributed by atoms with Crippen molar-refractivity contribution >= 4 is 21.9 Å². The van der Waals surface area contributed by atoms with Crippen LogP contribution >= 0.6 is 15.9 Å². The predicted molar refractivity (Wildman–Crippen MR) is 122 cm³/mol. The molecule has 7 heteroatoms. The lowest BCUT2D eigenvalue weighted by molar-refractivity contribution is 0.0517. The quantitative estimate of drug-likeness (QED) is 0.439. The molecule has 0 bridgehead atoms. The maximum absolute atomic E-state index is 12.7. The zero-order valence-electron chi connectivity index (χ0n) is 18.1. The summed E-state index contributed by atoms with van der Waals surface area (Å²) in [5.41, 5.74) is 5.10.